The Morgan fingerprint density at radius 2 is 1.92 bits per heavy atom. The first-order valence-electron chi connectivity index (χ1n) is 10.8. The van der Waals surface area contributed by atoms with Crippen LogP contribution < -0.4 is 0 Å². The first-order valence-corrected chi connectivity index (χ1v) is 10.8. The van der Waals surface area contributed by atoms with Crippen molar-refractivity contribution in [3.8, 4) is 5.75 Å². The Bertz CT molecular complexity index is 719. The van der Waals surface area contributed by atoms with Gasteiger partial charge in [0.25, 0.3) is 0 Å². The van der Waals surface area contributed by atoms with Crippen LogP contribution in [0.25, 0.3) is 0 Å². The summed E-state index contributed by atoms with van der Waals surface area (Å²) in [7, 11) is 0. The molecule has 0 heterocycles. The minimum atomic E-state index is -0.145. The molecule has 1 fully saturated rings. The Kier molecular flexibility index (Phi) is 4.67. The molecule has 0 amide bonds. The summed E-state index contributed by atoms with van der Waals surface area (Å²) in [5.74, 6) is 0.395. The summed E-state index contributed by atoms with van der Waals surface area (Å²) in [6, 6.07) is 6.04. The zero-order valence-corrected chi connectivity index (χ0v) is 16.5. The van der Waals surface area contributed by atoms with Crippen LogP contribution in [0.15, 0.2) is 29.3 Å². The number of phenolic OH excluding ortho intramolecular Hbond substituents is 1. The molecule has 1 aromatic rings. The molecule has 1 saturated carbocycles. The van der Waals surface area contributed by atoms with Gasteiger partial charge in [-0.3, -0.25) is 0 Å². The summed E-state index contributed by atoms with van der Waals surface area (Å²) < 4.78 is 0. The third-order valence-electron chi connectivity index (χ3n) is 7.79. The lowest BCUT2D eigenvalue weighted by Gasteiger charge is -2.50. The Hall–Kier alpha value is -1.28. The topological polar surface area (TPSA) is 40.5 Å². The Balaban J connectivity index is 1.80. The van der Waals surface area contributed by atoms with Crippen molar-refractivity contribution in [3.05, 3.63) is 40.5 Å². The van der Waals surface area contributed by atoms with E-state index >= 15 is 0 Å². The second-order valence-corrected chi connectivity index (χ2v) is 9.03. The molecule has 0 aliphatic heterocycles. The summed E-state index contributed by atoms with van der Waals surface area (Å²) in [4.78, 5) is 0. The first-order chi connectivity index (χ1) is 12.5. The van der Waals surface area contributed by atoms with E-state index in [1.54, 1.807) is 11.1 Å². The number of aliphatic hydroxyl groups excluding tert-OH is 1. The van der Waals surface area contributed by atoms with Crippen LogP contribution in [0.5, 0.6) is 5.75 Å². The van der Waals surface area contributed by atoms with Gasteiger partial charge in [0, 0.05) is 5.41 Å². The summed E-state index contributed by atoms with van der Waals surface area (Å²) in [6.07, 6.45) is 12.6. The highest BCUT2D eigenvalue weighted by Crippen LogP contribution is 2.62. The van der Waals surface area contributed by atoms with Crippen LogP contribution in [0.4, 0.5) is 0 Å². The maximum atomic E-state index is 10.6. The van der Waals surface area contributed by atoms with Crippen molar-refractivity contribution in [1.29, 1.82) is 0 Å². The van der Waals surface area contributed by atoms with Gasteiger partial charge in [0.1, 0.15) is 5.75 Å². The van der Waals surface area contributed by atoms with E-state index in [1.807, 2.05) is 12.1 Å². The molecule has 4 rings (SSSR count). The van der Waals surface area contributed by atoms with Crippen molar-refractivity contribution in [3.63, 3.8) is 0 Å². The number of phenols is 1. The van der Waals surface area contributed by atoms with Gasteiger partial charge >= 0.3 is 0 Å². The summed E-state index contributed by atoms with van der Waals surface area (Å²) in [5, 5.41) is 20.5. The zero-order chi connectivity index (χ0) is 18.4. The van der Waals surface area contributed by atoms with Gasteiger partial charge in [0.15, 0.2) is 0 Å². The van der Waals surface area contributed by atoms with E-state index in [0.717, 1.165) is 32.1 Å². The predicted octanol–water partition coefficient (Wildman–Crippen LogP) is 5.80. The van der Waals surface area contributed by atoms with Crippen LogP contribution in [0, 0.1) is 5.41 Å². The number of hydrogen-bond donors (Lipinski definition) is 2. The molecule has 2 N–H and O–H groups in total. The molecule has 3 aliphatic carbocycles. The number of aryl methyl sites for hydroxylation is 1. The van der Waals surface area contributed by atoms with Crippen molar-refractivity contribution >= 4 is 0 Å². The molecule has 142 valence electrons. The molecule has 0 bridgehead atoms. The fourth-order valence-electron chi connectivity index (χ4n) is 6.56. The lowest BCUT2D eigenvalue weighted by molar-refractivity contribution is 0.141. The molecule has 2 nitrogen and oxygen atoms in total. The third-order valence-corrected chi connectivity index (χ3v) is 7.79. The van der Waals surface area contributed by atoms with Crippen LogP contribution in [-0.2, 0) is 11.8 Å². The maximum Gasteiger partial charge on any atom is 0.115 e. The van der Waals surface area contributed by atoms with E-state index in [2.05, 4.69) is 19.9 Å². The summed E-state index contributed by atoms with van der Waals surface area (Å²) in [5.41, 5.74) is 6.51. The number of benzene rings is 1. The van der Waals surface area contributed by atoms with E-state index in [4.69, 9.17) is 0 Å². The largest absolute Gasteiger partial charge is 0.508 e. The predicted molar refractivity (Wildman–Crippen MR) is 106 cm³/mol. The molecule has 1 aromatic carbocycles. The highest BCUT2D eigenvalue weighted by atomic mass is 16.3. The van der Waals surface area contributed by atoms with Crippen LogP contribution in [0.1, 0.15) is 89.2 Å². The minimum Gasteiger partial charge on any atom is -0.508 e. The molecule has 0 radical (unpaired) electrons. The van der Waals surface area contributed by atoms with E-state index in [0.29, 0.717) is 5.75 Å². The number of aromatic hydroxyl groups is 1. The van der Waals surface area contributed by atoms with E-state index in [-0.39, 0.29) is 16.9 Å². The first kappa shape index (κ1) is 18.1. The van der Waals surface area contributed by atoms with Gasteiger partial charge in [0.2, 0.25) is 0 Å². The smallest absolute Gasteiger partial charge is 0.115 e. The second-order valence-electron chi connectivity index (χ2n) is 9.03. The van der Waals surface area contributed by atoms with Gasteiger partial charge in [-0.25, -0.2) is 0 Å². The molecule has 3 atom stereocenters. The van der Waals surface area contributed by atoms with Crippen molar-refractivity contribution in [2.45, 2.75) is 96.0 Å². The number of rotatable bonds is 5. The number of aliphatic hydroxyl groups is 1. The van der Waals surface area contributed by atoms with E-state index < -0.39 is 0 Å². The lowest BCUT2D eigenvalue weighted by Crippen LogP contribution is -2.41. The Labute approximate surface area is 158 Å². The van der Waals surface area contributed by atoms with Crippen molar-refractivity contribution in [2.24, 2.45) is 5.41 Å². The van der Waals surface area contributed by atoms with Crippen LogP contribution in [0.3, 0.4) is 0 Å². The highest BCUT2D eigenvalue weighted by molar-refractivity contribution is 5.52. The number of unbranched alkanes of at least 4 members (excludes halogenated alkanes) is 2. The van der Waals surface area contributed by atoms with Crippen molar-refractivity contribution < 1.29 is 10.2 Å². The highest BCUT2D eigenvalue weighted by Gasteiger charge is 2.53. The maximum absolute atomic E-state index is 10.6. The number of hydrogen-bond acceptors (Lipinski definition) is 2. The Morgan fingerprint density at radius 1 is 1.08 bits per heavy atom. The molecule has 0 spiro atoms. The molecular weight excluding hydrogens is 320 g/mol. The lowest BCUT2D eigenvalue weighted by atomic mass is 9.53. The van der Waals surface area contributed by atoms with Crippen LogP contribution in [-0.4, -0.2) is 16.3 Å². The molecule has 0 aromatic heterocycles. The number of allylic oxidation sites excluding steroid dienone is 1. The van der Waals surface area contributed by atoms with E-state index in [1.165, 1.54) is 49.7 Å². The normalized spacial score (nSPS) is 33.0. The second kappa shape index (κ2) is 6.71. The standard InChI is InChI=1S/C24H34O2/c1-3-5-6-11-23-12-13-24(4-2)20-10-8-18(25)14-17(20)7-9-21(24)22(23)15-19(26)16-23/h8,10,14,19,25-26H,3-7,9,11-13,15-16H2,1-2H3. The minimum absolute atomic E-state index is 0.145. The quantitative estimate of drug-likeness (QED) is 0.518. The van der Waals surface area contributed by atoms with Gasteiger partial charge in [-0.05, 0) is 80.0 Å². The van der Waals surface area contributed by atoms with Gasteiger partial charge in [0.05, 0.1) is 6.10 Å². The molecule has 3 aliphatic rings. The van der Waals surface area contributed by atoms with Crippen molar-refractivity contribution in [1.82, 2.24) is 0 Å². The average molecular weight is 355 g/mol. The van der Waals surface area contributed by atoms with Gasteiger partial charge in [-0.2, -0.15) is 0 Å². The van der Waals surface area contributed by atoms with Gasteiger partial charge < -0.3 is 10.2 Å². The zero-order valence-electron chi connectivity index (χ0n) is 16.5. The average Bonchev–Trinajstić information content (AvgIpc) is 2.97. The SMILES string of the molecule is CCCCCC12CCC3(CC)C(=C1CC(O)C2)CCc1cc(O)ccc13. The summed E-state index contributed by atoms with van der Waals surface area (Å²) in [6.45, 7) is 4.61. The molecule has 3 unspecified atom stereocenters. The molecule has 2 heteroatoms. The van der Waals surface area contributed by atoms with Crippen LogP contribution >= 0.6 is 0 Å². The Morgan fingerprint density at radius 3 is 2.69 bits per heavy atom. The van der Waals surface area contributed by atoms with Crippen LogP contribution in [0.2, 0.25) is 0 Å². The molecular formula is C24H34O2. The third kappa shape index (κ3) is 2.64. The molecule has 26 heavy (non-hydrogen) atoms. The van der Waals surface area contributed by atoms with Gasteiger partial charge in [-0.1, -0.05) is 50.3 Å². The fourth-order valence-corrected chi connectivity index (χ4v) is 6.56. The van der Waals surface area contributed by atoms with E-state index in [9.17, 15) is 10.2 Å². The van der Waals surface area contributed by atoms with Crippen molar-refractivity contribution in [2.75, 3.05) is 0 Å². The fraction of sp³-hybridized carbons (Fsp3) is 0.667. The summed E-state index contributed by atoms with van der Waals surface area (Å²) >= 11 is 0. The molecule has 0 saturated heterocycles. The monoisotopic (exact) mass is 354 g/mol. The number of fused-ring (bicyclic) bond motifs is 4. The van der Waals surface area contributed by atoms with Gasteiger partial charge in [-0.15, -0.1) is 0 Å².